The monoisotopic (exact) mass is 223 g/mol. The van der Waals surface area contributed by atoms with Gasteiger partial charge in [-0.25, -0.2) is 0 Å². The molecule has 0 N–H and O–H groups in total. The SMILES string of the molecule is CN(c1ccccc1Cl)C1CCCCC1. The van der Waals surface area contributed by atoms with Crippen LogP contribution in [-0.4, -0.2) is 13.1 Å². The van der Waals surface area contributed by atoms with Crippen LogP contribution in [0.15, 0.2) is 24.3 Å². The Hall–Kier alpha value is -0.690. The van der Waals surface area contributed by atoms with Gasteiger partial charge in [0.05, 0.1) is 10.7 Å². The smallest absolute Gasteiger partial charge is 0.0639 e. The fraction of sp³-hybridized carbons (Fsp3) is 0.538. The molecule has 0 aliphatic heterocycles. The summed E-state index contributed by atoms with van der Waals surface area (Å²) in [6.07, 6.45) is 6.73. The van der Waals surface area contributed by atoms with Gasteiger partial charge >= 0.3 is 0 Å². The second kappa shape index (κ2) is 4.89. The maximum atomic E-state index is 6.20. The molecule has 1 aromatic rings. The zero-order valence-electron chi connectivity index (χ0n) is 9.25. The lowest BCUT2D eigenvalue weighted by Crippen LogP contribution is -2.33. The van der Waals surface area contributed by atoms with E-state index in [1.807, 2.05) is 12.1 Å². The van der Waals surface area contributed by atoms with E-state index in [-0.39, 0.29) is 0 Å². The number of hydrogen-bond acceptors (Lipinski definition) is 1. The van der Waals surface area contributed by atoms with E-state index >= 15 is 0 Å². The second-order valence-electron chi connectivity index (χ2n) is 4.35. The molecule has 0 saturated heterocycles. The first-order chi connectivity index (χ1) is 7.29. The maximum Gasteiger partial charge on any atom is 0.0639 e. The van der Waals surface area contributed by atoms with Crippen LogP contribution < -0.4 is 4.90 Å². The maximum absolute atomic E-state index is 6.20. The van der Waals surface area contributed by atoms with E-state index < -0.39 is 0 Å². The van der Waals surface area contributed by atoms with Crippen LogP contribution >= 0.6 is 11.6 Å². The van der Waals surface area contributed by atoms with Crippen molar-refractivity contribution < 1.29 is 0 Å². The van der Waals surface area contributed by atoms with E-state index in [0.29, 0.717) is 6.04 Å². The van der Waals surface area contributed by atoms with E-state index in [1.54, 1.807) is 0 Å². The van der Waals surface area contributed by atoms with Gasteiger partial charge in [0.1, 0.15) is 0 Å². The molecule has 0 bridgehead atoms. The predicted molar refractivity (Wildman–Crippen MR) is 66.7 cm³/mol. The van der Waals surface area contributed by atoms with E-state index in [4.69, 9.17) is 11.6 Å². The molecule has 1 saturated carbocycles. The topological polar surface area (TPSA) is 3.24 Å². The van der Waals surface area contributed by atoms with Gasteiger partial charge in [-0.3, -0.25) is 0 Å². The highest BCUT2D eigenvalue weighted by atomic mass is 35.5. The van der Waals surface area contributed by atoms with Crippen molar-refractivity contribution in [2.45, 2.75) is 38.1 Å². The average Bonchev–Trinajstić information content (AvgIpc) is 2.30. The van der Waals surface area contributed by atoms with Crippen molar-refractivity contribution in [3.8, 4) is 0 Å². The van der Waals surface area contributed by atoms with Gasteiger partial charge in [-0.1, -0.05) is 43.0 Å². The van der Waals surface area contributed by atoms with Crippen molar-refractivity contribution in [3.05, 3.63) is 29.3 Å². The fourth-order valence-electron chi connectivity index (χ4n) is 2.40. The van der Waals surface area contributed by atoms with Crippen LogP contribution in [0.3, 0.4) is 0 Å². The van der Waals surface area contributed by atoms with Crippen molar-refractivity contribution in [1.82, 2.24) is 0 Å². The quantitative estimate of drug-likeness (QED) is 0.730. The molecule has 1 aliphatic carbocycles. The highest BCUT2D eigenvalue weighted by Crippen LogP contribution is 2.30. The van der Waals surface area contributed by atoms with Crippen LogP contribution in [0, 0.1) is 0 Å². The summed E-state index contributed by atoms with van der Waals surface area (Å²) in [5.74, 6) is 0. The zero-order valence-corrected chi connectivity index (χ0v) is 10.0. The highest BCUT2D eigenvalue weighted by Gasteiger charge is 2.19. The Morgan fingerprint density at radius 2 is 1.80 bits per heavy atom. The Balaban J connectivity index is 2.12. The molecule has 1 nitrogen and oxygen atoms in total. The van der Waals surface area contributed by atoms with Crippen molar-refractivity contribution in [2.75, 3.05) is 11.9 Å². The number of halogens is 1. The van der Waals surface area contributed by atoms with Gasteiger partial charge in [0.25, 0.3) is 0 Å². The first kappa shape index (κ1) is 10.8. The van der Waals surface area contributed by atoms with Gasteiger partial charge in [0.2, 0.25) is 0 Å². The number of benzene rings is 1. The van der Waals surface area contributed by atoms with E-state index in [2.05, 4.69) is 24.1 Å². The van der Waals surface area contributed by atoms with Crippen molar-refractivity contribution in [3.63, 3.8) is 0 Å². The molecule has 0 spiro atoms. The first-order valence-corrected chi connectivity index (χ1v) is 6.14. The molecule has 1 aromatic carbocycles. The lowest BCUT2D eigenvalue weighted by molar-refractivity contribution is 0.427. The standard InChI is InChI=1S/C13H18ClN/c1-15(11-7-3-2-4-8-11)13-10-6-5-9-12(13)14/h5-6,9-11H,2-4,7-8H2,1H3. The largest absolute Gasteiger partial charge is 0.370 e. The zero-order chi connectivity index (χ0) is 10.7. The number of nitrogens with zero attached hydrogens (tertiary/aromatic N) is 1. The lowest BCUT2D eigenvalue weighted by atomic mass is 9.94. The predicted octanol–water partition coefficient (Wildman–Crippen LogP) is 4.11. The van der Waals surface area contributed by atoms with Gasteiger partial charge in [0.15, 0.2) is 0 Å². The van der Waals surface area contributed by atoms with Crippen molar-refractivity contribution in [2.24, 2.45) is 0 Å². The third-order valence-corrected chi connectivity index (χ3v) is 3.67. The lowest BCUT2D eigenvalue weighted by Gasteiger charge is -2.33. The minimum absolute atomic E-state index is 0.679. The molecule has 0 heterocycles. The normalized spacial score (nSPS) is 17.7. The second-order valence-corrected chi connectivity index (χ2v) is 4.76. The fourth-order valence-corrected chi connectivity index (χ4v) is 2.67. The molecule has 1 aliphatic rings. The minimum Gasteiger partial charge on any atom is -0.370 e. The number of hydrogen-bond donors (Lipinski definition) is 0. The summed E-state index contributed by atoms with van der Waals surface area (Å²) in [4.78, 5) is 2.35. The molecule has 15 heavy (non-hydrogen) atoms. The summed E-state index contributed by atoms with van der Waals surface area (Å²) in [5, 5.41) is 0.866. The summed E-state index contributed by atoms with van der Waals surface area (Å²) in [6.45, 7) is 0. The van der Waals surface area contributed by atoms with Crippen LogP contribution in [0.1, 0.15) is 32.1 Å². The molecule has 1 fully saturated rings. The van der Waals surface area contributed by atoms with Crippen LogP contribution in [0.5, 0.6) is 0 Å². The number of rotatable bonds is 2. The Labute approximate surface area is 97.0 Å². The van der Waals surface area contributed by atoms with Crippen molar-refractivity contribution >= 4 is 17.3 Å². The first-order valence-electron chi connectivity index (χ1n) is 5.76. The Bertz CT molecular complexity index is 318. The minimum atomic E-state index is 0.679. The molecular weight excluding hydrogens is 206 g/mol. The summed E-state index contributed by atoms with van der Waals surface area (Å²) in [7, 11) is 2.16. The molecule has 0 atom stereocenters. The van der Waals surface area contributed by atoms with Gasteiger partial charge in [0, 0.05) is 13.1 Å². The Morgan fingerprint density at radius 3 is 2.47 bits per heavy atom. The molecule has 82 valence electrons. The molecule has 0 amide bonds. The van der Waals surface area contributed by atoms with E-state index in [0.717, 1.165) is 5.02 Å². The average molecular weight is 224 g/mol. The van der Waals surface area contributed by atoms with Gasteiger partial charge in [-0.15, -0.1) is 0 Å². The summed E-state index contributed by atoms with van der Waals surface area (Å²) in [6, 6.07) is 8.80. The highest BCUT2D eigenvalue weighted by molar-refractivity contribution is 6.33. The van der Waals surface area contributed by atoms with Crippen LogP contribution in [0.4, 0.5) is 5.69 Å². The molecule has 2 rings (SSSR count). The molecule has 0 radical (unpaired) electrons. The van der Waals surface area contributed by atoms with Gasteiger partial charge in [-0.2, -0.15) is 0 Å². The summed E-state index contributed by atoms with van der Waals surface area (Å²) >= 11 is 6.20. The Morgan fingerprint density at radius 1 is 1.13 bits per heavy atom. The van der Waals surface area contributed by atoms with E-state index in [9.17, 15) is 0 Å². The Kier molecular flexibility index (Phi) is 3.53. The van der Waals surface area contributed by atoms with Crippen molar-refractivity contribution in [1.29, 1.82) is 0 Å². The van der Waals surface area contributed by atoms with Gasteiger partial charge < -0.3 is 4.90 Å². The van der Waals surface area contributed by atoms with Crippen LogP contribution in [-0.2, 0) is 0 Å². The summed E-state index contributed by atoms with van der Waals surface area (Å²) in [5.41, 5.74) is 1.17. The van der Waals surface area contributed by atoms with Crippen LogP contribution in [0.25, 0.3) is 0 Å². The number of para-hydroxylation sites is 1. The summed E-state index contributed by atoms with van der Waals surface area (Å²) < 4.78 is 0. The van der Waals surface area contributed by atoms with Crippen LogP contribution in [0.2, 0.25) is 5.02 Å². The molecule has 2 heteroatoms. The van der Waals surface area contributed by atoms with E-state index in [1.165, 1.54) is 37.8 Å². The van der Waals surface area contributed by atoms with Gasteiger partial charge in [-0.05, 0) is 25.0 Å². The molecular formula is C13H18ClN. The third kappa shape index (κ3) is 2.46. The number of anilines is 1. The molecule has 0 unspecified atom stereocenters. The third-order valence-electron chi connectivity index (χ3n) is 3.35. The molecule has 0 aromatic heterocycles.